The summed E-state index contributed by atoms with van der Waals surface area (Å²) in [5.41, 5.74) is 0.773. The number of carbonyl (C=O) groups is 3. The van der Waals surface area contributed by atoms with Gasteiger partial charge < -0.3 is 5.32 Å². The van der Waals surface area contributed by atoms with Gasteiger partial charge in [0.25, 0.3) is 11.8 Å². The van der Waals surface area contributed by atoms with E-state index in [1.165, 1.54) is 0 Å². The van der Waals surface area contributed by atoms with Crippen molar-refractivity contribution in [1.29, 1.82) is 0 Å². The Kier molecular flexibility index (Phi) is 4.35. The molecule has 9 heteroatoms. The summed E-state index contributed by atoms with van der Waals surface area (Å²) in [6, 6.07) is 6.66. The zero-order valence-electron chi connectivity index (χ0n) is 11.8. The summed E-state index contributed by atoms with van der Waals surface area (Å²) >= 11 is 6.60. The highest BCUT2D eigenvalue weighted by molar-refractivity contribution is 7.15. The van der Waals surface area contributed by atoms with Crippen LogP contribution in [0.25, 0.3) is 0 Å². The third kappa shape index (κ3) is 3.08. The Balaban J connectivity index is 1.72. The van der Waals surface area contributed by atoms with Gasteiger partial charge in [0.1, 0.15) is 5.01 Å². The van der Waals surface area contributed by atoms with Crippen LogP contribution in [0.3, 0.4) is 0 Å². The van der Waals surface area contributed by atoms with Crippen LogP contribution >= 0.6 is 22.9 Å². The molecule has 1 N–H and O–H groups in total. The lowest BCUT2D eigenvalue weighted by Crippen LogP contribution is -2.29. The largest absolute Gasteiger partial charge is 0.300 e. The van der Waals surface area contributed by atoms with E-state index in [1.54, 1.807) is 24.3 Å². The number of hydrogen-bond donors (Lipinski definition) is 1. The van der Waals surface area contributed by atoms with Gasteiger partial charge in [0.15, 0.2) is 0 Å². The molecule has 0 radical (unpaired) electrons. The lowest BCUT2D eigenvalue weighted by Gasteiger charge is -2.10. The summed E-state index contributed by atoms with van der Waals surface area (Å²) in [5.74, 6) is -0.752. The van der Waals surface area contributed by atoms with E-state index < -0.39 is 0 Å². The Labute approximate surface area is 140 Å². The highest BCUT2D eigenvalue weighted by Crippen LogP contribution is 2.25. The average molecular weight is 351 g/mol. The first-order chi connectivity index (χ1) is 11.1. The van der Waals surface area contributed by atoms with Crippen LogP contribution in [0.4, 0.5) is 5.13 Å². The Morgan fingerprint density at radius 2 is 1.83 bits per heavy atom. The molecule has 1 aromatic carbocycles. The van der Waals surface area contributed by atoms with Gasteiger partial charge in [-0.1, -0.05) is 23.5 Å². The maximum atomic E-state index is 12.3. The number of hydrogen-bond acceptors (Lipinski definition) is 6. The van der Waals surface area contributed by atoms with Crippen LogP contribution in [0.1, 0.15) is 32.1 Å². The fourth-order valence-corrected chi connectivity index (χ4v) is 3.07. The van der Waals surface area contributed by atoms with E-state index in [2.05, 4.69) is 15.5 Å². The van der Waals surface area contributed by atoms with Crippen LogP contribution in [-0.2, 0) is 11.3 Å². The van der Waals surface area contributed by atoms with Crippen LogP contribution in [0.5, 0.6) is 0 Å². The molecule has 2 heterocycles. The summed E-state index contributed by atoms with van der Waals surface area (Å²) in [4.78, 5) is 37.1. The summed E-state index contributed by atoms with van der Waals surface area (Å²) in [7, 11) is 0. The second-order valence-electron chi connectivity index (χ2n) is 4.73. The molecule has 0 saturated carbocycles. The number of rotatable bonds is 5. The lowest BCUT2D eigenvalue weighted by molar-refractivity contribution is -0.115. The van der Waals surface area contributed by atoms with E-state index in [0.29, 0.717) is 21.3 Å². The third-order valence-corrected chi connectivity index (χ3v) is 4.22. The van der Waals surface area contributed by atoms with Crippen molar-refractivity contribution >= 4 is 45.8 Å². The first-order valence-electron chi connectivity index (χ1n) is 6.73. The molecular formula is C14H11ClN4O3S. The molecule has 1 aliphatic heterocycles. The fraction of sp³-hybridized carbons (Fsp3) is 0.214. The van der Waals surface area contributed by atoms with Crippen LogP contribution in [0.15, 0.2) is 24.3 Å². The molecule has 2 aromatic rings. The molecule has 118 valence electrons. The van der Waals surface area contributed by atoms with Crippen LogP contribution < -0.4 is 5.32 Å². The minimum atomic E-state index is -0.353. The molecule has 0 bridgehead atoms. The maximum Gasteiger partial charge on any atom is 0.261 e. The van der Waals surface area contributed by atoms with Crippen LogP contribution in [0, 0.1) is 0 Å². The Morgan fingerprint density at radius 1 is 1.17 bits per heavy atom. The first kappa shape index (κ1) is 15.6. The minimum absolute atomic E-state index is 0.0232. The number of nitrogens with zero attached hydrogens (tertiary/aromatic N) is 3. The summed E-state index contributed by atoms with van der Waals surface area (Å²) in [6.07, 6.45) is 0.175. The van der Waals surface area contributed by atoms with Crippen LogP contribution in [0.2, 0.25) is 0 Å². The smallest absolute Gasteiger partial charge is 0.261 e. The number of nitrogens with one attached hydrogen (secondary N) is 1. The molecule has 0 aliphatic carbocycles. The highest BCUT2D eigenvalue weighted by Gasteiger charge is 2.35. The number of fused-ring (bicyclic) bond motifs is 1. The molecule has 0 spiro atoms. The van der Waals surface area contributed by atoms with Gasteiger partial charge in [0, 0.05) is 12.3 Å². The predicted molar refractivity (Wildman–Crippen MR) is 84.5 cm³/mol. The van der Waals surface area contributed by atoms with E-state index >= 15 is 0 Å². The standard InChI is InChI=1S/C14H11ClN4O3S/c15-6-5-10(20)16-14-18-17-11(23-14)7-19-12(21)8-3-1-2-4-9(8)13(19)22/h1-4H,5-7H2,(H,16,18,20). The van der Waals surface area contributed by atoms with Crippen molar-refractivity contribution in [2.75, 3.05) is 11.2 Å². The SMILES string of the molecule is O=C(CCCl)Nc1nnc(CN2C(=O)c3ccccc3C2=O)s1. The topological polar surface area (TPSA) is 92.3 Å². The zero-order chi connectivity index (χ0) is 16.4. The number of alkyl halides is 1. The van der Waals surface area contributed by atoms with Crippen molar-refractivity contribution in [2.45, 2.75) is 13.0 Å². The molecule has 0 saturated heterocycles. The van der Waals surface area contributed by atoms with Gasteiger partial charge in [-0.05, 0) is 12.1 Å². The van der Waals surface area contributed by atoms with Gasteiger partial charge in [0.2, 0.25) is 11.0 Å². The third-order valence-electron chi connectivity index (χ3n) is 3.21. The van der Waals surface area contributed by atoms with Crippen molar-refractivity contribution in [3.8, 4) is 0 Å². The van der Waals surface area contributed by atoms with E-state index in [-0.39, 0.29) is 36.6 Å². The second-order valence-corrected chi connectivity index (χ2v) is 6.17. The molecule has 23 heavy (non-hydrogen) atoms. The van der Waals surface area contributed by atoms with Gasteiger partial charge >= 0.3 is 0 Å². The van der Waals surface area contributed by atoms with Crippen molar-refractivity contribution in [1.82, 2.24) is 15.1 Å². The fourth-order valence-electron chi connectivity index (χ4n) is 2.15. The van der Waals surface area contributed by atoms with Crippen molar-refractivity contribution in [2.24, 2.45) is 0 Å². The Hall–Kier alpha value is -2.32. The molecule has 3 amide bonds. The van der Waals surface area contributed by atoms with E-state index in [9.17, 15) is 14.4 Å². The van der Waals surface area contributed by atoms with Crippen molar-refractivity contribution in [3.63, 3.8) is 0 Å². The van der Waals surface area contributed by atoms with Crippen LogP contribution in [-0.4, -0.2) is 38.7 Å². The Morgan fingerprint density at radius 3 is 2.43 bits per heavy atom. The molecule has 1 aromatic heterocycles. The van der Waals surface area contributed by atoms with Gasteiger partial charge in [-0.25, -0.2) is 0 Å². The van der Waals surface area contributed by atoms with E-state index in [4.69, 9.17) is 11.6 Å². The average Bonchev–Trinajstić information content (AvgIpc) is 3.07. The number of aromatic nitrogens is 2. The molecule has 1 aliphatic rings. The predicted octanol–water partition coefficient (Wildman–Crippen LogP) is 1.90. The normalized spacial score (nSPS) is 13.3. The van der Waals surface area contributed by atoms with Crippen molar-refractivity contribution in [3.05, 3.63) is 40.4 Å². The molecule has 0 atom stereocenters. The number of halogens is 1. The summed E-state index contributed by atoms with van der Waals surface area (Å²) in [5, 5.41) is 11.1. The molecule has 0 unspecified atom stereocenters. The minimum Gasteiger partial charge on any atom is -0.300 e. The van der Waals surface area contributed by atoms with Gasteiger partial charge in [-0.2, -0.15) is 0 Å². The van der Waals surface area contributed by atoms with E-state index in [1.807, 2.05) is 0 Å². The van der Waals surface area contributed by atoms with Gasteiger partial charge in [-0.3, -0.25) is 19.3 Å². The monoisotopic (exact) mass is 350 g/mol. The second kappa shape index (κ2) is 6.43. The number of anilines is 1. The highest BCUT2D eigenvalue weighted by atomic mass is 35.5. The van der Waals surface area contributed by atoms with Gasteiger partial charge in [-0.15, -0.1) is 21.8 Å². The van der Waals surface area contributed by atoms with Crippen molar-refractivity contribution < 1.29 is 14.4 Å². The zero-order valence-corrected chi connectivity index (χ0v) is 13.4. The maximum absolute atomic E-state index is 12.3. The van der Waals surface area contributed by atoms with E-state index in [0.717, 1.165) is 16.2 Å². The Bertz CT molecular complexity index is 757. The summed E-state index contributed by atoms with van der Waals surface area (Å²) < 4.78 is 0. The lowest BCUT2D eigenvalue weighted by atomic mass is 10.1. The molecule has 0 fully saturated rings. The van der Waals surface area contributed by atoms with Gasteiger partial charge in [0.05, 0.1) is 17.7 Å². The quantitative estimate of drug-likeness (QED) is 0.656. The molecule has 3 rings (SSSR count). The number of carbonyl (C=O) groups excluding carboxylic acids is 3. The molecule has 7 nitrogen and oxygen atoms in total. The number of amides is 3. The number of benzene rings is 1. The summed E-state index contributed by atoms with van der Waals surface area (Å²) in [6.45, 7) is 0.0232. The number of imide groups is 1. The first-order valence-corrected chi connectivity index (χ1v) is 8.08. The molecular weight excluding hydrogens is 340 g/mol.